The second-order valence-corrected chi connectivity index (χ2v) is 6.34. The monoisotopic (exact) mass is 399 g/mol. The molecule has 0 atom stereocenters. The van der Waals surface area contributed by atoms with Gasteiger partial charge >= 0.3 is 0 Å². The van der Waals surface area contributed by atoms with Crippen molar-refractivity contribution in [2.24, 2.45) is 5.73 Å². The highest BCUT2D eigenvalue weighted by Crippen LogP contribution is 2.34. The molecule has 27 heavy (non-hydrogen) atoms. The molecule has 10 heteroatoms. The van der Waals surface area contributed by atoms with E-state index in [1.165, 1.54) is 24.7 Å². The summed E-state index contributed by atoms with van der Waals surface area (Å²) in [5, 5.41) is 3.95. The lowest BCUT2D eigenvalue weighted by atomic mass is 10.2. The van der Waals surface area contributed by atoms with Crippen LogP contribution < -0.4 is 11.1 Å². The summed E-state index contributed by atoms with van der Waals surface area (Å²) in [4.78, 5) is 31.5. The van der Waals surface area contributed by atoms with Gasteiger partial charge in [0, 0.05) is 11.8 Å². The highest BCUT2D eigenvalue weighted by atomic mass is 35.5. The van der Waals surface area contributed by atoms with Crippen molar-refractivity contribution in [3.05, 3.63) is 58.5 Å². The third-order valence-electron chi connectivity index (χ3n) is 3.78. The zero-order valence-corrected chi connectivity index (χ0v) is 15.1. The maximum atomic E-state index is 11.3. The van der Waals surface area contributed by atoms with Gasteiger partial charge in [-0.2, -0.15) is 0 Å². The molecular formula is C17H11Cl2N7O. The second-order valence-electron chi connectivity index (χ2n) is 5.52. The lowest BCUT2D eigenvalue weighted by molar-refractivity contribution is 0.1000. The number of hydrogen-bond acceptors (Lipinski definition) is 6. The van der Waals surface area contributed by atoms with Gasteiger partial charge in [0.05, 0.1) is 15.6 Å². The van der Waals surface area contributed by atoms with Gasteiger partial charge in [0.1, 0.15) is 23.5 Å². The van der Waals surface area contributed by atoms with Crippen LogP contribution in [0.15, 0.2) is 42.9 Å². The summed E-state index contributed by atoms with van der Waals surface area (Å²) in [7, 11) is 0. The summed E-state index contributed by atoms with van der Waals surface area (Å²) in [5.41, 5.74) is 7.15. The molecule has 4 aromatic rings. The van der Waals surface area contributed by atoms with Crippen LogP contribution in [0.3, 0.4) is 0 Å². The number of nitrogens with two attached hydrogens (primary N) is 1. The average molecular weight is 400 g/mol. The van der Waals surface area contributed by atoms with Gasteiger partial charge in [0.15, 0.2) is 11.5 Å². The fraction of sp³-hybridized carbons (Fsp3) is 0. The predicted octanol–water partition coefficient (Wildman–Crippen LogP) is 3.56. The molecule has 0 radical (unpaired) electrons. The summed E-state index contributed by atoms with van der Waals surface area (Å²) in [6.45, 7) is 0. The van der Waals surface area contributed by atoms with E-state index in [1.807, 2.05) is 0 Å². The first-order valence-electron chi connectivity index (χ1n) is 7.71. The number of halogens is 2. The molecule has 0 spiro atoms. The first kappa shape index (κ1) is 17.2. The van der Waals surface area contributed by atoms with Gasteiger partial charge in [-0.3, -0.25) is 4.79 Å². The topological polar surface area (TPSA) is 122 Å². The Morgan fingerprint density at radius 2 is 1.89 bits per heavy atom. The number of carbonyl (C=O) groups is 1. The van der Waals surface area contributed by atoms with E-state index in [1.54, 1.807) is 18.2 Å². The summed E-state index contributed by atoms with van der Waals surface area (Å²) in [6, 6.07) is 8.25. The minimum absolute atomic E-state index is 0.325. The number of aromatic amines is 1. The average Bonchev–Trinajstić information content (AvgIpc) is 3.06. The number of fused-ring (bicyclic) bond motifs is 1. The Balaban J connectivity index is 1.78. The number of imidazole rings is 1. The van der Waals surface area contributed by atoms with Crippen LogP contribution in [0.2, 0.25) is 10.0 Å². The molecule has 0 fully saturated rings. The van der Waals surface area contributed by atoms with Crippen molar-refractivity contribution >= 4 is 51.9 Å². The number of amides is 1. The molecule has 1 aromatic carbocycles. The maximum Gasteiger partial charge on any atom is 0.248 e. The van der Waals surface area contributed by atoms with E-state index in [0.717, 1.165) is 0 Å². The van der Waals surface area contributed by atoms with Crippen molar-refractivity contribution in [3.8, 4) is 11.4 Å². The molecule has 0 bridgehead atoms. The summed E-state index contributed by atoms with van der Waals surface area (Å²) in [6.07, 6.45) is 2.84. The molecule has 134 valence electrons. The maximum absolute atomic E-state index is 11.3. The number of rotatable bonds is 4. The van der Waals surface area contributed by atoms with Crippen LogP contribution in [0.1, 0.15) is 10.4 Å². The Bertz CT molecular complexity index is 1150. The van der Waals surface area contributed by atoms with Crippen LogP contribution in [0, 0.1) is 0 Å². The third-order valence-corrected chi connectivity index (χ3v) is 4.41. The van der Waals surface area contributed by atoms with Crippen molar-refractivity contribution in [1.82, 2.24) is 24.9 Å². The molecule has 4 N–H and O–H groups in total. The van der Waals surface area contributed by atoms with Gasteiger partial charge in [-0.15, -0.1) is 0 Å². The van der Waals surface area contributed by atoms with Gasteiger partial charge < -0.3 is 16.0 Å². The van der Waals surface area contributed by atoms with Crippen molar-refractivity contribution in [1.29, 1.82) is 0 Å². The van der Waals surface area contributed by atoms with E-state index >= 15 is 0 Å². The Labute approximate surface area is 162 Å². The van der Waals surface area contributed by atoms with E-state index in [0.29, 0.717) is 49.8 Å². The SMILES string of the molecule is NC(=O)c1ccnc(Nc2ncnc3nc(-c4c(Cl)cccc4Cl)[nH]c23)c1. The van der Waals surface area contributed by atoms with Crippen LogP contribution in [0.4, 0.5) is 11.6 Å². The van der Waals surface area contributed by atoms with Crippen LogP contribution in [0.5, 0.6) is 0 Å². The molecule has 1 amide bonds. The molecule has 3 aromatic heterocycles. The van der Waals surface area contributed by atoms with Gasteiger partial charge in [0.2, 0.25) is 5.91 Å². The molecule has 0 unspecified atom stereocenters. The van der Waals surface area contributed by atoms with Gasteiger partial charge in [-0.1, -0.05) is 29.3 Å². The molecule has 4 rings (SSSR count). The van der Waals surface area contributed by atoms with E-state index in [2.05, 4.69) is 30.2 Å². The Kier molecular flexibility index (Phi) is 4.35. The summed E-state index contributed by atoms with van der Waals surface area (Å²) >= 11 is 12.5. The number of H-pyrrole nitrogens is 1. The first-order valence-corrected chi connectivity index (χ1v) is 8.46. The number of hydrogen-bond donors (Lipinski definition) is 3. The molecule has 8 nitrogen and oxygen atoms in total. The first-order chi connectivity index (χ1) is 13.0. The third kappa shape index (κ3) is 3.27. The molecule has 0 aliphatic heterocycles. The highest BCUT2D eigenvalue weighted by Gasteiger charge is 2.16. The van der Waals surface area contributed by atoms with E-state index in [-0.39, 0.29) is 0 Å². The van der Waals surface area contributed by atoms with E-state index in [9.17, 15) is 4.79 Å². The normalized spacial score (nSPS) is 10.9. The van der Waals surface area contributed by atoms with Crippen LogP contribution in [-0.2, 0) is 0 Å². The minimum Gasteiger partial charge on any atom is -0.366 e. The zero-order valence-electron chi connectivity index (χ0n) is 13.6. The molecular weight excluding hydrogens is 389 g/mol. The highest BCUT2D eigenvalue weighted by molar-refractivity contribution is 6.39. The number of pyridine rings is 1. The number of carbonyl (C=O) groups excluding carboxylic acids is 1. The van der Waals surface area contributed by atoms with Gasteiger partial charge in [0.25, 0.3) is 0 Å². The van der Waals surface area contributed by atoms with Crippen molar-refractivity contribution in [2.75, 3.05) is 5.32 Å². The quantitative estimate of drug-likeness (QED) is 0.481. The molecule has 0 saturated heterocycles. The van der Waals surface area contributed by atoms with Crippen LogP contribution >= 0.6 is 23.2 Å². The van der Waals surface area contributed by atoms with Gasteiger partial charge in [-0.25, -0.2) is 19.9 Å². The summed E-state index contributed by atoms with van der Waals surface area (Å²) < 4.78 is 0. The second kappa shape index (κ2) is 6.82. The minimum atomic E-state index is -0.550. The molecule has 0 saturated carbocycles. The van der Waals surface area contributed by atoms with Crippen molar-refractivity contribution < 1.29 is 4.79 Å². The molecule has 0 aliphatic carbocycles. The lowest BCUT2D eigenvalue weighted by Gasteiger charge is -2.06. The lowest BCUT2D eigenvalue weighted by Crippen LogP contribution is -2.11. The van der Waals surface area contributed by atoms with E-state index < -0.39 is 5.91 Å². The zero-order chi connectivity index (χ0) is 19.0. The van der Waals surface area contributed by atoms with E-state index in [4.69, 9.17) is 28.9 Å². The molecule has 0 aliphatic rings. The van der Waals surface area contributed by atoms with Crippen molar-refractivity contribution in [2.45, 2.75) is 0 Å². The Morgan fingerprint density at radius 3 is 2.63 bits per heavy atom. The fourth-order valence-corrected chi connectivity index (χ4v) is 3.12. The van der Waals surface area contributed by atoms with Crippen molar-refractivity contribution in [3.63, 3.8) is 0 Å². The predicted molar refractivity (Wildman–Crippen MR) is 103 cm³/mol. The number of nitrogens with zero attached hydrogens (tertiary/aromatic N) is 4. The number of anilines is 2. The number of aromatic nitrogens is 5. The Hall–Kier alpha value is -3.23. The molecule has 3 heterocycles. The Morgan fingerprint density at radius 1 is 1.11 bits per heavy atom. The number of primary amides is 1. The number of benzene rings is 1. The number of nitrogens with one attached hydrogen (secondary N) is 2. The fourth-order valence-electron chi connectivity index (χ4n) is 2.54. The smallest absolute Gasteiger partial charge is 0.248 e. The van der Waals surface area contributed by atoms with Gasteiger partial charge in [-0.05, 0) is 24.3 Å². The largest absolute Gasteiger partial charge is 0.366 e. The standard InChI is InChI=1S/C17H11Cl2N7O/c18-9-2-1-3-10(19)12(9)15-25-13-16(22-7-23-17(13)26-15)24-11-6-8(14(20)27)4-5-21-11/h1-7H,(H2,20,27)(H2,21,22,23,24,25,26). The summed E-state index contributed by atoms with van der Waals surface area (Å²) in [5.74, 6) is 0.739. The van der Waals surface area contributed by atoms with Crippen LogP contribution in [0.25, 0.3) is 22.6 Å². The van der Waals surface area contributed by atoms with Crippen LogP contribution in [-0.4, -0.2) is 30.8 Å².